The summed E-state index contributed by atoms with van der Waals surface area (Å²) in [6.45, 7) is 5.71. The number of anilines is 1. The molecule has 1 aliphatic rings. The highest BCUT2D eigenvalue weighted by atomic mass is 35.5. The highest BCUT2D eigenvalue weighted by Crippen LogP contribution is 2.22. The van der Waals surface area contributed by atoms with Gasteiger partial charge in [-0.2, -0.15) is 0 Å². The molecule has 1 aromatic rings. The van der Waals surface area contributed by atoms with Gasteiger partial charge in [0.15, 0.2) is 5.13 Å². The number of nitrogen functional groups attached to an aromatic ring is 1. The normalized spacial score (nSPS) is 16.6. The van der Waals surface area contributed by atoms with E-state index in [-0.39, 0.29) is 24.2 Å². The van der Waals surface area contributed by atoms with E-state index < -0.39 is 0 Å². The number of carbonyl (C=O) groups excluding carboxylic acids is 1. The summed E-state index contributed by atoms with van der Waals surface area (Å²) in [6.07, 6.45) is 4.74. The SMILES string of the molecule is CCCNC(=O)C1CCN(Cc2cnc(N)s2)CC1.Cl. The Labute approximate surface area is 130 Å². The third kappa shape index (κ3) is 4.92. The van der Waals surface area contributed by atoms with Crippen LogP contribution in [0.5, 0.6) is 0 Å². The predicted octanol–water partition coefficient (Wildman–Crippen LogP) is 1.89. The standard InChI is InChI=1S/C13H22N4OS.ClH/c1-2-5-15-12(18)10-3-6-17(7-4-10)9-11-8-16-13(14)19-11;/h8,10H,2-7,9H2,1H3,(H2,14,16)(H,15,18);1H. The lowest BCUT2D eigenvalue weighted by Crippen LogP contribution is -2.40. The Morgan fingerprint density at radius 3 is 2.80 bits per heavy atom. The Bertz CT molecular complexity index is 418. The van der Waals surface area contributed by atoms with Crippen molar-refractivity contribution in [3.63, 3.8) is 0 Å². The number of nitrogens with one attached hydrogen (secondary N) is 1. The van der Waals surface area contributed by atoms with Crippen molar-refractivity contribution in [3.05, 3.63) is 11.1 Å². The second kappa shape index (κ2) is 8.44. The van der Waals surface area contributed by atoms with Gasteiger partial charge < -0.3 is 11.1 Å². The van der Waals surface area contributed by atoms with Crippen LogP contribution >= 0.6 is 23.7 Å². The van der Waals surface area contributed by atoms with Crippen molar-refractivity contribution in [3.8, 4) is 0 Å². The molecule has 20 heavy (non-hydrogen) atoms. The first-order valence-electron chi connectivity index (χ1n) is 6.89. The first kappa shape index (κ1) is 17.2. The summed E-state index contributed by atoms with van der Waals surface area (Å²) >= 11 is 1.55. The van der Waals surface area contributed by atoms with Crippen LogP contribution in [0.1, 0.15) is 31.1 Å². The highest BCUT2D eigenvalue weighted by Gasteiger charge is 2.24. The number of nitrogens with two attached hydrogens (primary N) is 1. The van der Waals surface area contributed by atoms with Crippen LogP contribution in [0.25, 0.3) is 0 Å². The molecule has 2 rings (SSSR count). The molecule has 0 unspecified atom stereocenters. The fourth-order valence-corrected chi connectivity index (χ4v) is 3.09. The van der Waals surface area contributed by atoms with Crippen molar-refractivity contribution in [1.82, 2.24) is 15.2 Å². The number of halogens is 1. The quantitative estimate of drug-likeness (QED) is 0.869. The Hall–Kier alpha value is -0.850. The summed E-state index contributed by atoms with van der Waals surface area (Å²) in [5.41, 5.74) is 5.63. The van der Waals surface area contributed by atoms with Gasteiger partial charge in [-0.25, -0.2) is 4.98 Å². The first-order chi connectivity index (χ1) is 9.19. The van der Waals surface area contributed by atoms with E-state index in [4.69, 9.17) is 5.73 Å². The van der Waals surface area contributed by atoms with E-state index in [1.165, 1.54) is 4.88 Å². The van der Waals surface area contributed by atoms with Crippen molar-refractivity contribution in [2.45, 2.75) is 32.7 Å². The van der Waals surface area contributed by atoms with Crippen molar-refractivity contribution in [2.75, 3.05) is 25.4 Å². The molecule has 0 aliphatic carbocycles. The molecule has 114 valence electrons. The number of amides is 1. The number of hydrogen-bond donors (Lipinski definition) is 2. The van der Waals surface area contributed by atoms with Gasteiger partial charge in [-0.3, -0.25) is 9.69 Å². The average Bonchev–Trinajstić information content (AvgIpc) is 2.82. The second-order valence-electron chi connectivity index (χ2n) is 5.01. The molecule has 1 aliphatic heterocycles. The van der Waals surface area contributed by atoms with Crippen molar-refractivity contribution >= 4 is 34.8 Å². The number of rotatable bonds is 5. The van der Waals surface area contributed by atoms with E-state index in [1.54, 1.807) is 11.3 Å². The monoisotopic (exact) mass is 318 g/mol. The summed E-state index contributed by atoms with van der Waals surface area (Å²) in [5, 5.41) is 3.62. The van der Waals surface area contributed by atoms with Gasteiger partial charge in [0.2, 0.25) is 5.91 Å². The number of hydrogen-bond acceptors (Lipinski definition) is 5. The van der Waals surface area contributed by atoms with Crippen LogP contribution in [0.3, 0.4) is 0 Å². The molecule has 5 nitrogen and oxygen atoms in total. The largest absolute Gasteiger partial charge is 0.375 e. The number of thiazole rings is 1. The first-order valence-corrected chi connectivity index (χ1v) is 7.71. The zero-order valence-electron chi connectivity index (χ0n) is 11.8. The number of piperidine rings is 1. The van der Waals surface area contributed by atoms with Crippen LogP contribution in [-0.4, -0.2) is 35.4 Å². The molecule has 1 amide bonds. The smallest absolute Gasteiger partial charge is 0.223 e. The lowest BCUT2D eigenvalue weighted by molar-refractivity contribution is -0.126. The maximum atomic E-state index is 11.9. The van der Waals surface area contributed by atoms with Crippen LogP contribution in [0.2, 0.25) is 0 Å². The molecule has 0 atom stereocenters. The van der Waals surface area contributed by atoms with Crippen molar-refractivity contribution < 1.29 is 4.79 Å². The van der Waals surface area contributed by atoms with Gasteiger partial charge in [0.1, 0.15) is 0 Å². The maximum absolute atomic E-state index is 11.9. The van der Waals surface area contributed by atoms with Gasteiger partial charge >= 0.3 is 0 Å². The van der Waals surface area contributed by atoms with Gasteiger partial charge in [0.05, 0.1) is 0 Å². The fraction of sp³-hybridized carbons (Fsp3) is 0.692. The highest BCUT2D eigenvalue weighted by molar-refractivity contribution is 7.15. The van der Waals surface area contributed by atoms with E-state index >= 15 is 0 Å². The van der Waals surface area contributed by atoms with E-state index in [0.717, 1.165) is 45.4 Å². The molecule has 0 aromatic carbocycles. The molecule has 1 saturated heterocycles. The summed E-state index contributed by atoms with van der Waals surface area (Å²) < 4.78 is 0. The minimum atomic E-state index is 0. The van der Waals surface area contributed by atoms with Gasteiger partial charge in [-0.15, -0.1) is 23.7 Å². The van der Waals surface area contributed by atoms with Crippen molar-refractivity contribution in [1.29, 1.82) is 0 Å². The Balaban J connectivity index is 0.00000200. The number of aromatic nitrogens is 1. The van der Waals surface area contributed by atoms with E-state index in [2.05, 4.69) is 22.1 Å². The lowest BCUT2D eigenvalue weighted by atomic mass is 9.96. The molecule has 1 fully saturated rings. The molecule has 0 bridgehead atoms. The molecule has 3 N–H and O–H groups in total. The van der Waals surface area contributed by atoms with Gasteiger partial charge in [0.25, 0.3) is 0 Å². The van der Waals surface area contributed by atoms with Gasteiger partial charge in [0, 0.05) is 30.1 Å². The molecule has 7 heteroatoms. The zero-order chi connectivity index (χ0) is 13.7. The third-order valence-corrected chi connectivity index (χ3v) is 4.27. The Kier molecular flexibility index (Phi) is 7.26. The molecule has 0 radical (unpaired) electrons. The molecule has 0 saturated carbocycles. The molecule has 0 spiro atoms. The van der Waals surface area contributed by atoms with Crippen LogP contribution in [-0.2, 0) is 11.3 Å². The Morgan fingerprint density at radius 1 is 1.55 bits per heavy atom. The van der Waals surface area contributed by atoms with Gasteiger partial charge in [-0.05, 0) is 32.4 Å². The number of nitrogens with zero attached hydrogens (tertiary/aromatic N) is 2. The Morgan fingerprint density at radius 2 is 2.25 bits per heavy atom. The van der Waals surface area contributed by atoms with Crippen LogP contribution in [0, 0.1) is 5.92 Å². The molecule has 2 heterocycles. The van der Waals surface area contributed by atoms with E-state index in [9.17, 15) is 4.79 Å². The third-order valence-electron chi connectivity index (χ3n) is 3.46. The summed E-state index contributed by atoms with van der Waals surface area (Å²) in [6, 6.07) is 0. The number of carbonyl (C=O) groups is 1. The topological polar surface area (TPSA) is 71.2 Å². The minimum absolute atomic E-state index is 0. The van der Waals surface area contributed by atoms with Crippen LogP contribution < -0.4 is 11.1 Å². The summed E-state index contributed by atoms with van der Waals surface area (Å²) in [4.78, 5) is 19.5. The number of likely N-dealkylation sites (tertiary alicyclic amines) is 1. The van der Waals surface area contributed by atoms with E-state index in [1.807, 2.05) is 6.20 Å². The van der Waals surface area contributed by atoms with E-state index in [0.29, 0.717) is 5.13 Å². The molecule has 1 aromatic heterocycles. The zero-order valence-corrected chi connectivity index (χ0v) is 13.4. The second-order valence-corrected chi connectivity index (χ2v) is 6.15. The summed E-state index contributed by atoms with van der Waals surface area (Å²) in [7, 11) is 0. The fourth-order valence-electron chi connectivity index (χ4n) is 2.36. The van der Waals surface area contributed by atoms with Crippen molar-refractivity contribution in [2.24, 2.45) is 5.92 Å². The molecular weight excluding hydrogens is 296 g/mol. The predicted molar refractivity (Wildman–Crippen MR) is 85.1 cm³/mol. The maximum Gasteiger partial charge on any atom is 0.223 e. The minimum Gasteiger partial charge on any atom is -0.375 e. The average molecular weight is 319 g/mol. The summed E-state index contributed by atoms with van der Waals surface area (Å²) in [5.74, 6) is 0.415. The van der Waals surface area contributed by atoms with Crippen LogP contribution in [0.4, 0.5) is 5.13 Å². The molecular formula is C13H23ClN4OS. The lowest BCUT2D eigenvalue weighted by Gasteiger charge is -2.30. The van der Waals surface area contributed by atoms with Crippen LogP contribution in [0.15, 0.2) is 6.20 Å². The van der Waals surface area contributed by atoms with Gasteiger partial charge in [-0.1, -0.05) is 6.92 Å².